The van der Waals surface area contributed by atoms with Crippen molar-refractivity contribution in [1.82, 2.24) is 4.98 Å². The molecule has 2 N–H and O–H groups in total. The number of aromatic nitrogens is 1. The van der Waals surface area contributed by atoms with E-state index < -0.39 is 0 Å². The van der Waals surface area contributed by atoms with Crippen LogP contribution in [0, 0.1) is 12.8 Å². The number of aryl methyl sites for hydroxylation is 1. The number of rotatable bonds is 7. The summed E-state index contributed by atoms with van der Waals surface area (Å²) < 4.78 is 0. The lowest BCUT2D eigenvalue weighted by Gasteiger charge is -2.26. The van der Waals surface area contributed by atoms with Gasteiger partial charge in [-0.25, -0.2) is 4.98 Å². The summed E-state index contributed by atoms with van der Waals surface area (Å²) in [5, 5.41) is 0. The molecule has 0 amide bonds. The van der Waals surface area contributed by atoms with Gasteiger partial charge in [-0.3, -0.25) is 0 Å². The molecular formula is C15H27N3. The SMILES string of the molecule is CCC(C)CN(CC)c1ncc(CCN)cc1C. The van der Waals surface area contributed by atoms with Crippen LogP contribution >= 0.6 is 0 Å². The summed E-state index contributed by atoms with van der Waals surface area (Å²) in [5.41, 5.74) is 8.07. The predicted octanol–water partition coefficient (Wildman–Crippen LogP) is 2.76. The molecule has 0 aliphatic carbocycles. The van der Waals surface area contributed by atoms with Crippen LogP contribution in [0.5, 0.6) is 0 Å². The fourth-order valence-corrected chi connectivity index (χ4v) is 2.13. The van der Waals surface area contributed by atoms with Crippen molar-refractivity contribution >= 4 is 5.82 Å². The molecule has 3 nitrogen and oxygen atoms in total. The van der Waals surface area contributed by atoms with Crippen LogP contribution in [0.4, 0.5) is 5.82 Å². The van der Waals surface area contributed by atoms with Gasteiger partial charge < -0.3 is 10.6 Å². The number of hydrogen-bond acceptors (Lipinski definition) is 3. The van der Waals surface area contributed by atoms with Crippen molar-refractivity contribution in [1.29, 1.82) is 0 Å². The number of pyridine rings is 1. The average molecular weight is 249 g/mol. The van der Waals surface area contributed by atoms with Gasteiger partial charge in [0.15, 0.2) is 0 Å². The van der Waals surface area contributed by atoms with E-state index in [1.54, 1.807) is 0 Å². The molecule has 0 fully saturated rings. The van der Waals surface area contributed by atoms with Crippen LogP contribution in [0.1, 0.15) is 38.3 Å². The second-order valence-corrected chi connectivity index (χ2v) is 5.07. The first-order valence-electron chi connectivity index (χ1n) is 7.02. The minimum atomic E-state index is 0.685. The molecule has 1 heterocycles. The highest BCUT2D eigenvalue weighted by Gasteiger charge is 2.12. The molecule has 3 heteroatoms. The van der Waals surface area contributed by atoms with Crippen molar-refractivity contribution in [3.8, 4) is 0 Å². The van der Waals surface area contributed by atoms with Gasteiger partial charge in [0.1, 0.15) is 5.82 Å². The van der Waals surface area contributed by atoms with Crippen LogP contribution in [0.25, 0.3) is 0 Å². The van der Waals surface area contributed by atoms with Crippen molar-refractivity contribution in [3.63, 3.8) is 0 Å². The number of anilines is 1. The van der Waals surface area contributed by atoms with Crippen LogP contribution in [-0.2, 0) is 6.42 Å². The number of hydrogen-bond donors (Lipinski definition) is 1. The Bertz CT molecular complexity index is 363. The largest absolute Gasteiger partial charge is 0.356 e. The molecule has 1 aromatic heterocycles. The van der Waals surface area contributed by atoms with E-state index in [2.05, 4.69) is 43.6 Å². The Labute approximate surface area is 111 Å². The zero-order valence-electron chi connectivity index (χ0n) is 12.2. The molecule has 0 bridgehead atoms. The van der Waals surface area contributed by atoms with E-state index in [0.717, 1.165) is 25.3 Å². The minimum Gasteiger partial charge on any atom is -0.356 e. The molecule has 0 aromatic carbocycles. The van der Waals surface area contributed by atoms with Crippen LogP contribution in [0.3, 0.4) is 0 Å². The van der Waals surface area contributed by atoms with Gasteiger partial charge in [0, 0.05) is 19.3 Å². The molecule has 1 atom stereocenters. The lowest BCUT2D eigenvalue weighted by molar-refractivity contribution is 0.545. The van der Waals surface area contributed by atoms with Crippen LogP contribution < -0.4 is 10.6 Å². The molecule has 0 radical (unpaired) electrons. The first kappa shape index (κ1) is 15.0. The van der Waals surface area contributed by atoms with Gasteiger partial charge in [-0.2, -0.15) is 0 Å². The van der Waals surface area contributed by atoms with Crippen LogP contribution in [-0.4, -0.2) is 24.6 Å². The fraction of sp³-hybridized carbons (Fsp3) is 0.667. The van der Waals surface area contributed by atoms with Gasteiger partial charge >= 0.3 is 0 Å². The van der Waals surface area contributed by atoms with E-state index in [1.165, 1.54) is 17.5 Å². The smallest absolute Gasteiger partial charge is 0.131 e. The Balaban J connectivity index is 2.85. The third kappa shape index (κ3) is 3.98. The van der Waals surface area contributed by atoms with Gasteiger partial charge in [-0.1, -0.05) is 26.3 Å². The van der Waals surface area contributed by atoms with Gasteiger partial charge in [-0.15, -0.1) is 0 Å². The Kier molecular flexibility index (Phi) is 6.13. The quantitative estimate of drug-likeness (QED) is 0.808. The molecule has 1 rings (SSSR count). The summed E-state index contributed by atoms with van der Waals surface area (Å²) in [6.07, 6.45) is 4.08. The van der Waals surface area contributed by atoms with E-state index in [0.29, 0.717) is 12.5 Å². The Morgan fingerprint density at radius 1 is 1.39 bits per heavy atom. The number of nitrogens with two attached hydrogens (primary N) is 1. The summed E-state index contributed by atoms with van der Waals surface area (Å²) in [7, 11) is 0. The molecule has 1 aromatic rings. The van der Waals surface area contributed by atoms with Crippen molar-refractivity contribution < 1.29 is 0 Å². The zero-order valence-corrected chi connectivity index (χ0v) is 12.2. The van der Waals surface area contributed by atoms with Gasteiger partial charge in [-0.05, 0) is 43.9 Å². The summed E-state index contributed by atoms with van der Waals surface area (Å²) in [6, 6.07) is 2.22. The highest BCUT2D eigenvalue weighted by molar-refractivity contribution is 5.47. The van der Waals surface area contributed by atoms with Crippen LogP contribution in [0.15, 0.2) is 12.3 Å². The van der Waals surface area contributed by atoms with E-state index >= 15 is 0 Å². The molecule has 0 spiro atoms. The van der Waals surface area contributed by atoms with E-state index in [4.69, 9.17) is 5.73 Å². The fourth-order valence-electron chi connectivity index (χ4n) is 2.13. The molecule has 0 aliphatic rings. The average Bonchev–Trinajstić information content (AvgIpc) is 2.37. The molecule has 0 saturated heterocycles. The zero-order chi connectivity index (χ0) is 13.5. The maximum Gasteiger partial charge on any atom is 0.131 e. The number of nitrogens with zero attached hydrogens (tertiary/aromatic N) is 2. The second-order valence-electron chi connectivity index (χ2n) is 5.07. The maximum atomic E-state index is 5.58. The molecule has 1 unspecified atom stereocenters. The monoisotopic (exact) mass is 249 g/mol. The van der Waals surface area contributed by atoms with Crippen molar-refractivity contribution in [2.75, 3.05) is 24.5 Å². The van der Waals surface area contributed by atoms with E-state index in [9.17, 15) is 0 Å². The molecule has 0 saturated carbocycles. The standard InChI is InChI=1S/C15H27N3/c1-5-12(3)11-18(6-2)15-13(4)9-14(7-8-16)10-17-15/h9-10,12H,5-8,11,16H2,1-4H3. The minimum absolute atomic E-state index is 0.685. The summed E-state index contributed by atoms with van der Waals surface area (Å²) in [6.45, 7) is 11.6. The topological polar surface area (TPSA) is 42.2 Å². The molecule has 102 valence electrons. The lowest BCUT2D eigenvalue weighted by atomic mass is 10.1. The van der Waals surface area contributed by atoms with E-state index in [1.807, 2.05) is 6.20 Å². The van der Waals surface area contributed by atoms with Crippen molar-refractivity contribution in [2.24, 2.45) is 11.7 Å². The normalized spacial score (nSPS) is 12.5. The summed E-state index contributed by atoms with van der Waals surface area (Å²) in [4.78, 5) is 7.00. The third-order valence-corrected chi connectivity index (χ3v) is 3.45. The van der Waals surface area contributed by atoms with Gasteiger partial charge in [0.25, 0.3) is 0 Å². The summed E-state index contributed by atoms with van der Waals surface area (Å²) in [5.74, 6) is 1.83. The van der Waals surface area contributed by atoms with Gasteiger partial charge in [0.05, 0.1) is 0 Å². The lowest BCUT2D eigenvalue weighted by Crippen LogP contribution is -2.29. The highest BCUT2D eigenvalue weighted by Crippen LogP contribution is 2.19. The Morgan fingerprint density at radius 3 is 2.61 bits per heavy atom. The van der Waals surface area contributed by atoms with Crippen molar-refractivity contribution in [3.05, 3.63) is 23.4 Å². The Morgan fingerprint density at radius 2 is 2.11 bits per heavy atom. The summed E-state index contributed by atoms with van der Waals surface area (Å²) >= 11 is 0. The third-order valence-electron chi connectivity index (χ3n) is 3.45. The first-order chi connectivity index (χ1) is 8.62. The predicted molar refractivity (Wildman–Crippen MR) is 79.1 cm³/mol. The maximum absolute atomic E-state index is 5.58. The molecule has 18 heavy (non-hydrogen) atoms. The molecular weight excluding hydrogens is 222 g/mol. The van der Waals surface area contributed by atoms with E-state index in [-0.39, 0.29) is 0 Å². The van der Waals surface area contributed by atoms with Gasteiger partial charge in [0.2, 0.25) is 0 Å². The first-order valence-corrected chi connectivity index (χ1v) is 7.02. The van der Waals surface area contributed by atoms with Crippen molar-refractivity contribution in [2.45, 2.75) is 40.5 Å². The highest BCUT2D eigenvalue weighted by atomic mass is 15.2. The Hall–Kier alpha value is -1.09. The van der Waals surface area contributed by atoms with Crippen LogP contribution in [0.2, 0.25) is 0 Å². The second kappa shape index (κ2) is 7.37. The molecule has 0 aliphatic heterocycles.